The second kappa shape index (κ2) is 8.56. The highest BCUT2D eigenvalue weighted by atomic mass is 31.2. The Hall–Kier alpha value is -1.49. The van der Waals surface area contributed by atoms with Gasteiger partial charge in [0.1, 0.15) is 0 Å². The number of phosphoric ester groups is 1. The molecule has 1 aliphatic rings. The molecule has 1 N–H and O–H groups in total. The van der Waals surface area contributed by atoms with Gasteiger partial charge in [-0.05, 0) is 24.1 Å². The highest BCUT2D eigenvalue weighted by Crippen LogP contribution is 2.51. The summed E-state index contributed by atoms with van der Waals surface area (Å²) in [6.45, 7) is 1.66. The molecule has 0 unspecified atom stereocenters. The second-order valence-corrected chi connectivity index (χ2v) is 7.37. The molecule has 1 fully saturated rings. The molecule has 1 atom stereocenters. The zero-order chi connectivity index (χ0) is 16.7. The molecule has 0 bridgehead atoms. The van der Waals surface area contributed by atoms with Crippen LogP contribution < -0.4 is 5.32 Å². The summed E-state index contributed by atoms with van der Waals surface area (Å²) in [6.07, 6.45) is 1.01. The Morgan fingerprint density at radius 3 is 1.79 bits per heavy atom. The molecule has 1 saturated heterocycles. The first-order chi connectivity index (χ1) is 11.7. The third-order valence-electron chi connectivity index (χ3n) is 3.82. The van der Waals surface area contributed by atoms with Gasteiger partial charge in [-0.15, -0.1) is 0 Å². The van der Waals surface area contributed by atoms with Gasteiger partial charge < -0.3 is 5.32 Å². The summed E-state index contributed by atoms with van der Waals surface area (Å²) < 4.78 is 29.5. The van der Waals surface area contributed by atoms with Crippen LogP contribution >= 0.6 is 7.82 Å². The molecule has 3 rings (SSSR count). The molecule has 0 saturated carbocycles. The molecule has 0 spiro atoms. The zero-order valence-corrected chi connectivity index (χ0v) is 14.4. The smallest absolute Gasteiger partial charge is 0.312 e. The van der Waals surface area contributed by atoms with Crippen LogP contribution in [0.5, 0.6) is 0 Å². The predicted molar refractivity (Wildman–Crippen MR) is 92.4 cm³/mol. The quantitative estimate of drug-likeness (QED) is 0.697. The van der Waals surface area contributed by atoms with Crippen molar-refractivity contribution in [2.45, 2.75) is 25.7 Å². The van der Waals surface area contributed by atoms with Gasteiger partial charge in [-0.3, -0.25) is 13.6 Å². The van der Waals surface area contributed by atoms with Gasteiger partial charge in [0, 0.05) is 6.04 Å². The summed E-state index contributed by atoms with van der Waals surface area (Å²) in [5.41, 5.74) is 1.85. The van der Waals surface area contributed by atoms with E-state index in [-0.39, 0.29) is 19.3 Å². The zero-order valence-electron chi connectivity index (χ0n) is 13.5. The van der Waals surface area contributed by atoms with Crippen LogP contribution in [0.15, 0.2) is 60.7 Å². The van der Waals surface area contributed by atoms with Gasteiger partial charge in [-0.1, -0.05) is 60.7 Å². The Kier molecular flexibility index (Phi) is 6.18. The molecule has 6 heteroatoms. The molecular weight excluding hydrogens is 325 g/mol. The van der Waals surface area contributed by atoms with Crippen LogP contribution in [0.25, 0.3) is 0 Å². The molecule has 24 heavy (non-hydrogen) atoms. The molecule has 0 radical (unpaired) electrons. The normalized spacial score (nSPS) is 17.4. The maximum Gasteiger partial charge on any atom is 0.475 e. The lowest BCUT2D eigenvalue weighted by Gasteiger charge is -2.28. The Labute approximate surface area is 142 Å². The van der Waals surface area contributed by atoms with Gasteiger partial charge in [0.2, 0.25) is 0 Å². The fourth-order valence-corrected chi connectivity index (χ4v) is 3.44. The van der Waals surface area contributed by atoms with Crippen molar-refractivity contribution in [2.24, 2.45) is 0 Å². The van der Waals surface area contributed by atoms with Crippen molar-refractivity contribution < 1.29 is 18.1 Å². The molecule has 5 nitrogen and oxygen atoms in total. The van der Waals surface area contributed by atoms with E-state index in [2.05, 4.69) is 5.32 Å². The van der Waals surface area contributed by atoms with Crippen molar-refractivity contribution in [3.63, 3.8) is 0 Å². The molecule has 0 aliphatic carbocycles. The second-order valence-electron chi connectivity index (χ2n) is 5.70. The van der Waals surface area contributed by atoms with E-state index >= 15 is 0 Å². The van der Waals surface area contributed by atoms with E-state index in [1.165, 1.54) is 0 Å². The van der Waals surface area contributed by atoms with E-state index in [1.807, 2.05) is 60.7 Å². The lowest BCUT2D eigenvalue weighted by Crippen LogP contribution is -2.45. The number of benzene rings is 2. The summed E-state index contributed by atoms with van der Waals surface area (Å²) in [5.74, 6) is 0. The van der Waals surface area contributed by atoms with Gasteiger partial charge in [0.15, 0.2) is 0 Å². The third kappa shape index (κ3) is 5.26. The van der Waals surface area contributed by atoms with Crippen LogP contribution in [0, 0.1) is 0 Å². The summed E-state index contributed by atoms with van der Waals surface area (Å²) in [7, 11) is -3.62. The van der Waals surface area contributed by atoms with E-state index < -0.39 is 7.82 Å². The van der Waals surface area contributed by atoms with Crippen molar-refractivity contribution in [2.75, 3.05) is 13.2 Å². The maximum absolute atomic E-state index is 12.9. The van der Waals surface area contributed by atoms with E-state index in [1.54, 1.807) is 0 Å². The number of phosphoric acid groups is 1. The van der Waals surface area contributed by atoms with Crippen LogP contribution in [-0.4, -0.2) is 19.2 Å². The molecule has 2 aromatic carbocycles. The lowest BCUT2D eigenvalue weighted by molar-refractivity contribution is 0.0875. The van der Waals surface area contributed by atoms with Crippen molar-refractivity contribution in [1.29, 1.82) is 0 Å². The van der Waals surface area contributed by atoms with Gasteiger partial charge in [-0.2, -0.15) is 0 Å². The summed E-state index contributed by atoms with van der Waals surface area (Å²) >= 11 is 0. The predicted octanol–water partition coefficient (Wildman–Crippen LogP) is 3.91. The molecule has 1 aliphatic heterocycles. The fraction of sp³-hybridized carbons (Fsp3) is 0.333. The van der Waals surface area contributed by atoms with Crippen molar-refractivity contribution >= 4 is 7.82 Å². The van der Waals surface area contributed by atoms with E-state index in [0.29, 0.717) is 6.61 Å². The van der Waals surface area contributed by atoms with Gasteiger partial charge in [-0.25, -0.2) is 4.57 Å². The van der Waals surface area contributed by atoms with Gasteiger partial charge in [0.05, 0.1) is 19.8 Å². The van der Waals surface area contributed by atoms with Crippen LogP contribution in [-0.2, 0) is 31.4 Å². The monoisotopic (exact) mass is 347 g/mol. The standard InChI is InChI=1S/C18H22NO4P/c20-24(23-15-18-11-12-19-18,21-13-16-7-3-1-4-8-16)22-14-17-9-5-2-6-10-17/h1-10,18-19H,11-15H2/t18-/m1/s1. The lowest BCUT2D eigenvalue weighted by atomic mass is 10.1. The van der Waals surface area contributed by atoms with Gasteiger partial charge in [0.25, 0.3) is 0 Å². The molecular formula is C18H22NO4P. The Morgan fingerprint density at radius 1 is 0.875 bits per heavy atom. The third-order valence-corrected chi connectivity index (χ3v) is 5.18. The van der Waals surface area contributed by atoms with Crippen LogP contribution in [0.4, 0.5) is 0 Å². The molecule has 0 amide bonds. The minimum absolute atomic E-state index is 0.186. The summed E-state index contributed by atoms with van der Waals surface area (Å²) in [5, 5.41) is 3.21. The fourth-order valence-electron chi connectivity index (χ4n) is 2.24. The van der Waals surface area contributed by atoms with Crippen molar-refractivity contribution in [3.05, 3.63) is 71.8 Å². The SMILES string of the molecule is O=P(OCc1ccccc1)(OCc1ccccc1)OC[C@H]1CCN1. The number of hydrogen-bond acceptors (Lipinski definition) is 5. The highest BCUT2D eigenvalue weighted by molar-refractivity contribution is 7.48. The minimum atomic E-state index is -3.62. The van der Waals surface area contributed by atoms with Crippen molar-refractivity contribution in [1.82, 2.24) is 5.32 Å². The van der Waals surface area contributed by atoms with Gasteiger partial charge >= 0.3 is 7.82 Å². The molecule has 0 aromatic heterocycles. The highest BCUT2D eigenvalue weighted by Gasteiger charge is 2.30. The molecule has 1 heterocycles. The minimum Gasteiger partial charge on any atom is -0.312 e. The first-order valence-electron chi connectivity index (χ1n) is 8.08. The largest absolute Gasteiger partial charge is 0.475 e. The average molecular weight is 347 g/mol. The van der Waals surface area contributed by atoms with Crippen LogP contribution in [0.3, 0.4) is 0 Å². The van der Waals surface area contributed by atoms with E-state index in [0.717, 1.165) is 24.1 Å². The first-order valence-corrected chi connectivity index (χ1v) is 9.54. The topological polar surface area (TPSA) is 56.8 Å². The Bertz CT molecular complexity index is 614. The Morgan fingerprint density at radius 2 is 1.38 bits per heavy atom. The number of rotatable bonds is 9. The van der Waals surface area contributed by atoms with Crippen LogP contribution in [0.2, 0.25) is 0 Å². The summed E-state index contributed by atoms with van der Waals surface area (Å²) in [4.78, 5) is 0. The van der Waals surface area contributed by atoms with E-state index in [9.17, 15) is 4.57 Å². The molecule has 2 aromatic rings. The maximum atomic E-state index is 12.9. The van der Waals surface area contributed by atoms with Crippen molar-refractivity contribution in [3.8, 4) is 0 Å². The first kappa shape index (κ1) is 17.3. The van der Waals surface area contributed by atoms with E-state index in [4.69, 9.17) is 13.6 Å². The molecule has 128 valence electrons. The average Bonchev–Trinajstić information content (AvgIpc) is 2.59. The van der Waals surface area contributed by atoms with Crippen LogP contribution in [0.1, 0.15) is 17.5 Å². The number of hydrogen-bond donors (Lipinski definition) is 1. The Balaban J connectivity index is 1.59. The summed E-state index contributed by atoms with van der Waals surface area (Å²) in [6, 6.07) is 19.4. The number of nitrogens with one attached hydrogen (secondary N) is 1.